The molecule has 0 saturated heterocycles. The summed E-state index contributed by atoms with van der Waals surface area (Å²) < 4.78 is 5.26. The van der Waals surface area contributed by atoms with Crippen LogP contribution in [0.1, 0.15) is 15.9 Å². The zero-order valence-electron chi connectivity index (χ0n) is 11.3. The van der Waals surface area contributed by atoms with Crippen molar-refractivity contribution in [2.24, 2.45) is 0 Å². The van der Waals surface area contributed by atoms with E-state index in [4.69, 9.17) is 10.5 Å². The molecule has 0 fully saturated rings. The molecule has 0 bridgehead atoms. The number of nitrogen functional groups attached to an aromatic ring is 1. The van der Waals surface area contributed by atoms with E-state index in [1.807, 2.05) is 25.1 Å². The Kier molecular flexibility index (Phi) is 3.79. The van der Waals surface area contributed by atoms with Crippen LogP contribution in [0.25, 0.3) is 0 Å². The quantitative estimate of drug-likeness (QED) is 0.745. The average molecular weight is 272 g/mol. The van der Waals surface area contributed by atoms with E-state index in [9.17, 15) is 9.90 Å². The molecule has 5 heteroatoms. The standard InChI is InChI=1S/C15H16N2O3/c1-9-3-6-14(20-2)13(7-9)17-12-8-10(16)4-5-11(12)15(18)19/h3-8,17H,16H2,1-2H3,(H,18,19). The number of nitrogens with one attached hydrogen (secondary N) is 1. The van der Waals surface area contributed by atoms with Gasteiger partial charge in [-0.2, -0.15) is 0 Å². The Morgan fingerprint density at radius 2 is 1.95 bits per heavy atom. The molecule has 2 aromatic rings. The highest BCUT2D eigenvalue weighted by Gasteiger charge is 2.12. The first-order valence-corrected chi connectivity index (χ1v) is 6.05. The third-order valence-corrected chi connectivity index (χ3v) is 2.90. The van der Waals surface area contributed by atoms with Gasteiger partial charge in [0.25, 0.3) is 0 Å². The van der Waals surface area contributed by atoms with Crippen LogP contribution >= 0.6 is 0 Å². The van der Waals surface area contributed by atoms with E-state index in [1.54, 1.807) is 19.2 Å². The van der Waals surface area contributed by atoms with Crippen molar-refractivity contribution in [3.05, 3.63) is 47.5 Å². The predicted molar refractivity (Wildman–Crippen MR) is 78.8 cm³/mol. The number of carboxylic acid groups (broad SMARTS) is 1. The number of carboxylic acids is 1. The van der Waals surface area contributed by atoms with E-state index in [2.05, 4.69) is 5.32 Å². The summed E-state index contributed by atoms with van der Waals surface area (Å²) in [4.78, 5) is 11.2. The third kappa shape index (κ3) is 2.83. The molecule has 0 atom stereocenters. The van der Waals surface area contributed by atoms with Crippen molar-refractivity contribution < 1.29 is 14.6 Å². The van der Waals surface area contributed by atoms with Crippen LogP contribution in [0.2, 0.25) is 0 Å². The Morgan fingerprint density at radius 3 is 2.60 bits per heavy atom. The lowest BCUT2D eigenvalue weighted by Crippen LogP contribution is -2.04. The second-order valence-electron chi connectivity index (χ2n) is 4.44. The van der Waals surface area contributed by atoms with Crippen molar-refractivity contribution in [3.8, 4) is 5.75 Å². The van der Waals surface area contributed by atoms with Crippen LogP contribution in [-0.2, 0) is 0 Å². The van der Waals surface area contributed by atoms with Crippen molar-refractivity contribution in [1.29, 1.82) is 0 Å². The molecule has 0 heterocycles. The summed E-state index contributed by atoms with van der Waals surface area (Å²) >= 11 is 0. The van der Waals surface area contributed by atoms with Crippen LogP contribution < -0.4 is 15.8 Å². The van der Waals surface area contributed by atoms with Crippen molar-refractivity contribution in [2.45, 2.75) is 6.92 Å². The van der Waals surface area contributed by atoms with Gasteiger partial charge in [0.15, 0.2) is 0 Å². The van der Waals surface area contributed by atoms with Gasteiger partial charge in [-0.1, -0.05) is 6.07 Å². The molecule has 0 saturated carbocycles. The van der Waals surface area contributed by atoms with Gasteiger partial charge in [-0.05, 0) is 42.8 Å². The monoisotopic (exact) mass is 272 g/mol. The molecular weight excluding hydrogens is 256 g/mol. The van der Waals surface area contributed by atoms with Crippen LogP contribution in [0, 0.1) is 6.92 Å². The van der Waals surface area contributed by atoms with Gasteiger partial charge in [0, 0.05) is 5.69 Å². The molecule has 0 aromatic heterocycles. The summed E-state index contributed by atoms with van der Waals surface area (Å²) in [5.41, 5.74) is 8.53. The zero-order chi connectivity index (χ0) is 14.7. The van der Waals surface area contributed by atoms with Crippen molar-refractivity contribution in [3.63, 3.8) is 0 Å². The second-order valence-corrected chi connectivity index (χ2v) is 4.44. The molecule has 2 aromatic carbocycles. The average Bonchev–Trinajstić information content (AvgIpc) is 2.38. The smallest absolute Gasteiger partial charge is 0.337 e. The number of rotatable bonds is 4. The van der Waals surface area contributed by atoms with E-state index < -0.39 is 5.97 Å². The van der Waals surface area contributed by atoms with Gasteiger partial charge in [-0.15, -0.1) is 0 Å². The molecule has 4 N–H and O–H groups in total. The Balaban J connectivity index is 2.46. The highest BCUT2D eigenvalue weighted by atomic mass is 16.5. The maximum Gasteiger partial charge on any atom is 0.337 e. The lowest BCUT2D eigenvalue weighted by atomic mass is 10.1. The molecule has 5 nitrogen and oxygen atoms in total. The fraction of sp³-hybridized carbons (Fsp3) is 0.133. The third-order valence-electron chi connectivity index (χ3n) is 2.90. The van der Waals surface area contributed by atoms with Crippen molar-refractivity contribution in [2.75, 3.05) is 18.2 Å². The summed E-state index contributed by atoms with van der Waals surface area (Å²) in [6.45, 7) is 1.95. The van der Waals surface area contributed by atoms with Crippen LogP contribution in [0.15, 0.2) is 36.4 Å². The first-order valence-electron chi connectivity index (χ1n) is 6.05. The summed E-state index contributed by atoms with van der Waals surface area (Å²) in [6.07, 6.45) is 0. The van der Waals surface area contributed by atoms with E-state index in [1.165, 1.54) is 6.07 Å². The molecule has 20 heavy (non-hydrogen) atoms. The minimum absolute atomic E-state index is 0.155. The number of ether oxygens (including phenoxy) is 1. The number of aryl methyl sites for hydroxylation is 1. The molecule has 104 valence electrons. The number of hydrogen-bond donors (Lipinski definition) is 3. The van der Waals surface area contributed by atoms with E-state index >= 15 is 0 Å². The molecule has 0 aliphatic rings. The molecule has 0 spiro atoms. The number of methoxy groups -OCH3 is 1. The minimum Gasteiger partial charge on any atom is -0.495 e. The second kappa shape index (κ2) is 5.52. The maximum absolute atomic E-state index is 11.2. The Labute approximate surface area is 117 Å². The lowest BCUT2D eigenvalue weighted by Gasteiger charge is -2.14. The van der Waals surface area contributed by atoms with Gasteiger partial charge in [0.1, 0.15) is 5.75 Å². The topological polar surface area (TPSA) is 84.6 Å². The fourth-order valence-electron chi connectivity index (χ4n) is 1.92. The van der Waals surface area contributed by atoms with E-state index in [-0.39, 0.29) is 5.56 Å². The van der Waals surface area contributed by atoms with Gasteiger partial charge < -0.3 is 20.9 Å². The number of anilines is 3. The molecule has 0 unspecified atom stereocenters. The molecule has 0 aliphatic carbocycles. The summed E-state index contributed by atoms with van der Waals surface area (Å²) in [5, 5.41) is 12.3. The Bertz CT molecular complexity index is 654. The number of aromatic carboxylic acids is 1. The fourth-order valence-corrected chi connectivity index (χ4v) is 1.92. The molecule has 0 radical (unpaired) electrons. The first kappa shape index (κ1) is 13.7. The summed E-state index contributed by atoms with van der Waals surface area (Å²) in [5.74, 6) is -0.381. The van der Waals surface area contributed by atoms with Crippen molar-refractivity contribution >= 4 is 23.0 Å². The molecule has 2 rings (SSSR count). The van der Waals surface area contributed by atoms with Gasteiger partial charge >= 0.3 is 5.97 Å². The number of carbonyl (C=O) groups is 1. The zero-order valence-corrected chi connectivity index (χ0v) is 11.3. The van der Waals surface area contributed by atoms with Gasteiger partial charge in [0.05, 0.1) is 24.0 Å². The van der Waals surface area contributed by atoms with Crippen LogP contribution in [0.5, 0.6) is 5.75 Å². The summed E-state index contributed by atoms with van der Waals surface area (Å²) in [6, 6.07) is 10.2. The van der Waals surface area contributed by atoms with Gasteiger partial charge in [-0.25, -0.2) is 4.79 Å². The SMILES string of the molecule is COc1ccc(C)cc1Nc1cc(N)ccc1C(=O)O. The van der Waals surface area contributed by atoms with Gasteiger partial charge in [-0.3, -0.25) is 0 Å². The maximum atomic E-state index is 11.2. The highest BCUT2D eigenvalue weighted by Crippen LogP contribution is 2.31. The van der Waals surface area contributed by atoms with Crippen LogP contribution in [0.3, 0.4) is 0 Å². The largest absolute Gasteiger partial charge is 0.495 e. The highest BCUT2D eigenvalue weighted by molar-refractivity contribution is 5.96. The Hall–Kier alpha value is -2.69. The van der Waals surface area contributed by atoms with Crippen LogP contribution in [0.4, 0.5) is 17.1 Å². The molecular formula is C15H16N2O3. The molecule has 0 amide bonds. The Morgan fingerprint density at radius 1 is 1.20 bits per heavy atom. The normalized spacial score (nSPS) is 10.1. The minimum atomic E-state index is -1.01. The number of benzene rings is 2. The summed E-state index contributed by atoms with van der Waals surface area (Å²) in [7, 11) is 1.56. The van der Waals surface area contributed by atoms with Gasteiger partial charge in [0.2, 0.25) is 0 Å². The number of hydrogen-bond acceptors (Lipinski definition) is 4. The van der Waals surface area contributed by atoms with E-state index in [0.29, 0.717) is 22.8 Å². The molecule has 0 aliphatic heterocycles. The lowest BCUT2D eigenvalue weighted by molar-refractivity contribution is 0.0698. The first-order chi connectivity index (χ1) is 9.51. The van der Waals surface area contributed by atoms with E-state index in [0.717, 1.165) is 5.56 Å². The van der Waals surface area contributed by atoms with Crippen molar-refractivity contribution in [1.82, 2.24) is 0 Å². The number of nitrogens with two attached hydrogens (primary N) is 1. The van der Waals surface area contributed by atoms with Crippen LogP contribution in [-0.4, -0.2) is 18.2 Å². The predicted octanol–water partition coefficient (Wildman–Crippen LogP) is 3.03.